The SMILES string of the molecule is CCOc1ccccc1OCc1cccc(N2CCC(O)C2C)c1. The third-order valence-electron chi connectivity index (χ3n) is 4.50. The van der Waals surface area contributed by atoms with E-state index in [0.29, 0.717) is 13.2 Å². The van der Waals surface area contributed by atoms with Crippen LogP contribution in [-0.2, 0) is 6.61 Å². The van der Waals surface area contributed by atoms with Gasteiger partial charge in [-0.25, -0.2) is 0 Å². The van der Waals surface area contributed by atoms with E-state index < -0.39 is 0 Å². The fourth-order valence-corrected chi connectivity index (χ4v) is 3.12. The molecule has 2 aromatic carbocycles. The molecule has 0 amide bonds. The lowest BCUT2D eigenvalue weighted by Gasteiger charge is -2.25. The van der Waals surface area contributed by atoms with Crippen molar-refractivity contribution in [3.8, 4) is 11.5 Å². The molecule has 1 heterocycles. The molecule has 0 spiro atoms. The third kappa shape index (κ3) is 3.65. The Morgan fingerprint density at radius 2 is 1.83 bits per heavy atom. The number of anilines is 1. The molecule has 0 radical (unpaired) electrons. The van der Waals surface area contributed by atoms with Crippen LogP contribution in [0.2, 0.25) is 0 Å². The van der Waals surface area contributed by atoms with Gasteiger partial charge in [-0.15, -0.1) is 0 Å². The van der Waals surface area contributed by atoms with Crippen molar-refractivity contribution >= 4 is 5.69 Å². The van der Waals surface area contributed by atoms with Crippen LogP contribution < -0.4 is 14.4 Å². The highest BCUT2D eigenvalue weighted by Crippen LogP contribution is 2.29. The molecule has 0 saturated carbocycles. The van der Waals surface area contributed by atoms with Crippen LogP contribution in [0.3, 0.4) is 0 Å². The fourth-order valence-electron chi connectivity index (χ4n) is 3.12. The number of aliphatic hydroxyl groups excluding tert-OH is 1. The van der Waals surface area contributed by atoms with Crippen molar-refractivity contribution in [3.63, 3.8) is 0 Å². The minimum atomic E-state index is -0.247. The first kappa shape index (κ1) is 16.7. The first-order valence-corrected chi connectivity index (χ1v) is 8.57. The molecule has 0 aromatic heterocycles. The van der Waals surface area contributed by atoms with Gasteiger partial charge in [-0.1, -0.05) is 24.3 Å². The number of rotatable bonds is 6. The van der Waals surface area contributed by atoms with Crippen LogP contribution in [0.15, 0.2) is 48.5 Å². The van der Waals surface area contributed by atoms with Gasteiger partial charge in [0.1, 0.15) is 6.61 Å². The first-order chi connectivity index (χ1) is 11.7. The largest absolute Gasteiger partial charge is 0.490 e. The van der Waals surface area contributed by atoms with Gasteiger partial charge in [0.25, 0.3) is 0 Å². The molecule has 4 nitrogen and oxygen atoms in total. The molecule has 1 fully saturated rings. The monoisotopic (exact) mass is 327 g/mol. The highest BCUT2D eigenvalue weighted by molar-refractivity contribution is 5.51. The second-order valence-electron chi connectivity index (χ2n) is 6.13. The summed E-state index contributed by atoms with van der Waals surface area (Å²) in [4.78, 5) is 2.25. The van der Waals surface area contributed by atoms with Crippen molar-refractivity contribution in [1.82, 2.24) is 0 Å². The Morgan fingerprint density at radius 3 is 2.50 bits per heavy atom. The van der Waals surface area contributed by atoms with Gasteiger partial charge in [0.2, 0.25) is 0 Å². The van der Waals surface area contributed by atoms with Crippen molar-refractivity contribution in [2.24, 2.45) is 0 Å². The van der Waals surface area contributed by atoms with E-state index >= 15 is 0 Å². The summed E-state index contributed by atoms with van der Waals surface area (Å²) in [7, 11) is 0. The average molecular weight is 327 g/mol. The molecule has 3 rings (SSSR count). The van der Waals surface area contributed by atoms with E-state index in [9.17, 15) is 5.11 Å². The molecule has 24 heavy (non-hydrogen) atoms. The van der Waals surface area contributed by atoms with Crippen molar-refractivity contribution < 1.29 is 14.6 Å². The van der Waals surface area contributed by atoms with Crippen LogP contribution >= 0.6 is 0 Å². The number of hydrogen-bond acceptors (Lipinski definition) is 4. The molecule has 2 unspecified atom stereocenters. The van der Waals surface area contributed by atoms with Gasteiger partial charge in [0, 0.05) is 12.2 Å². The molecule has 4 heteroatoms. The number of nitrogens with zero attached hydrogens (tertiary/aromatic N) is 1. The van der Waals surface area contributed by atoms with Crippen molar-refractivity contribution in [2.45, 2.75) is 39.0 Å². The van der Waals surface area contributed by atoms with Gasteiger partial charge >= 0.3 is 0 Å². The maximum atomic E-state index is 9.95. The summed E-state index contributed by atoms with van der Waals surface area (Å²) in [6, 6.07) is 16.2. The third-order valence-corrected chi connectivity index (χ3v) is 4.50. The quantitative estimate of drug-likeness (QED) is 0.880. The first-order valence-electron chi connectivity index (χ1n) is 8.57. The number of ether oxygens (including phenoxy) is 2. The summed E-state index contributed by atoms with van der Waals surface area (Å²) in [6.07, 6.45) is 0.576. The molecule has 2 atom stereocenters. The van der Waals surface area contributed by atoms with E-state index in [1.165, 1.54) is 0 Å². The van der Waals surface area contributed by atoms with Crippen LogP contribution in [0.1, 0.15) is 25.8 Å². The second-order valence-corrected chi connectivity index (χ2v) is 6.13. The summed E-state index contributed by atoms with van der Waals surface area (Å²) >= 11 is 0. The lowest BCUT2D eigenvalue weighted by atomic mass is 10.1. The van der Waals surface area contributed by atoms with Crippen LogP contribution in [0.4, 0.5) is 5.69 Å². The summed E-state index contributed by atoms with van der Waals surface area (Å²) in [5.41, 5.74) is 2.24. The number of para-hydroxylation sites is 2. The lowest BCUT2D eigenvalue weighted by Crippen LogP contribution is -2.32. The summed E-state index contributed by atoms with van der Waals surface area (Å²) < 4.78 is 11.5. The van der Waals surface area contributed by atoms with Crippen molar-refractivity contribution in [2.75, 3.05) is 18.1 Å². The minimum Gasteiger partial charge on any atom is -0.490 e. The van der Waals surface area contributed by atoms with Gasteiger partial charge in [0.05, 0.1) is 18.8 Å². The molecular formula is C20H25NO3. The zero-order valence-corrected chi connectivity index (χ0v) is 14.3. The zero-order chi connectivity index (χ0) is 16.9. The van der Waals surface area contributed by atoms with E-state index in [-0.39, 0.29) is 12.1 Å². The van der Waals surface area contributed by atoms with Crippen LogP contribution in [-0.4, -0.2) is 30.4 Å². The van der Waals surface area contributed by atoms with Crippen LogP contribution in [0, 0.1) is 0 Å². The van der Waals surface area contributed by atoms with Gasteiger partial charge in [0.15, 0.2) is 11.5 Å². The van der Waals surface area contributed by atoms with E-state index in [1.807, 2.05) is 37.3 Å². The van der Waals surface area contributed by atoms with Gasteiger partial charge in [-0.2, -0.15) is 0 Å². The van der Waals surface area contributed by atoms with Gasteiger partial charge in [-0.3, -0.25) is 0 Å². The predicted octanol–water partition coefficient (Wildman–Crippen LogP) is 3.62. The molecular weight excluding hydrogens is 302 g/mol. The molecule has 1 N–H and O–H groups in total. The van der Waals surface area contributed by atoms with E-state index in [4.69, 9.17) is 9.47 Å². The van der Waals surface area contributed by atoms with E-state index in [0.717, 1.165) is 35.7 Å². The number of hydrogen-bond donors (Lipinski definition) is 1. The Labute approximate surface area is 143 Å². The Hall–Kier alpha value is -2.20. The minimum absolute atomic E-state index is 0.153. The molecule has 1 aliphatic rings. The molecule has 0 bridgehead atoms. The highest BCUT2D eigenvalue weighted by Gasteiger charge is 2.29. The average Bonchev–Trinajstić information content (AvgIpc) is 2.94. The normalized spacial score (nSPS) is 20.2. The maximum Gasteiger partial charge on any atom is 0.161 e. The van der Waals surface area contributed by atoms with Crippen molar-refractivity contribution in [1.29, 1.82) is 0 Å². The Balaban J connectivity index is 1.69. The number of aliphatic hydroxyl groups is 1. The van der Waals surface area contributed by atoms with Crippen LogP contribution in [0.25, 0.3) is 0 Å². The van der Waals surface area contributed by atoms with Gasteiger partial charge in [-0.05, 0) is 50.1 Å². The Kier molecular flexibility index (Phi) is 5.26. The standard InChI is InChI=1S/C20H25NO3/c1-3-23-19-9-4-5-10-20(19)24-14-16-7-6-8-17(13-16)21-12-11-18(22)15(21)2/h4-10,13,15,18,22H,3,11-12,14H2,1-2H3. The van der Waals surface area contributed by atoms with Gasteiger partial charge < -0.3 is 19.5 Å². The van der Waals surface area contributed by atoms with Crippen LogP contribution in [0.5, 0.6) is 11.5 Å². The predicted molar refractivity (Wildman–Crippen MR) is 95.8 cm³/mol. The smallest absolute Gasteiger partial charge is 0.161 e. The Bertz CT molecular complexity index is 673. The summed E-state index contributed by atoms with van der Waals surface area (Å²) in [5.74, 6) is 1.53. The molecule has 0 aliphatic carbocycles. The maximum absolute atomic E-state index is 9.95. The lowest BCUT2D eigenvalue weighted by molar-refractivity contribution is 0.170. The molecule has 2 aromatic rings. The molecule has 128 valence electrons. The second kappa shape index (κ2) is 7.58. The van der Waals surface area contributed by atoms with E-state index in [1.54, 1.807) is 0 Å². The topological polar surface area (TPSA) is 41.9 Å². The summed E-state index contributed by atoms with van der Waals surface area (Å²) in [6.45, 7) is 6.03. The highest BCUT2D eigenvalue weighted by atomic mass is 16.5. The Morgan fingerprint density at radius 1 is 1.08 bits per heavy atom. The van der Waals surface area contributed by atoms with E-state index in [2.05, 4.69) is 30.0 Å². The number of benzene rings is 2. The zero-order valence-electron chi connectivity index (χ0n) is 14.3. The fraction of sp³-hybridized carbons (Fsp3) is 0.400. The molecule has 1 aliphatic heterocycles. The molecule has 1 saturated heterocycles. The summed E-state index contributed by atoms with van der Waals surface area (Å²) in [5, 5.41) is 9.95. The van der Waals surface area contributed by atoms with Crippen molar-refractivity contribution in [3.05, 3.63) is 54.1 Å².